The number of H-pyrrole nitrogens is 1. The number of fused-ring (bicyclic) bond motifs is 1. The fourth-order valence-electron chi connectivity index (χ4n) is 2.92. The lowest BCUT2D eigenvalue weighted by molar-refractivity contribution is 0.274. The lowest BCUT2D eigenvalue weighted by atomic mass is 10.2. The molecule has 0 unspecified atom stereocenters. The zero-order chi connectivity index (χ0) is 12.4. The van der Waals surface area contributed by atoms with Crippen molar-refractivity contribution < 1.29 is 0 Å². The van der Waals surface area contributed by atoms with Crippen LogP contribution in [0.1, 0.15) is 36.9 Å². The van der Waals surface area contributed by atoms with E-state index in [2.05, 4.69) is 41.1 Å². The summed E-state index contributed by atoms with van der Waals surface area (Å²) in [4.78, 5) is 6.15. The normalized spacial score (nSPS) is 18.1. The quantitative estimate of drug-likeness (QED) is 0.847. The Bertz CT molecular complexity index is 519. The first-order valence-corrected chi connectivity index (χ1v) is 7.12. The Kier molecular flexibility index (Phi) is 3.37. The van der Waals surface area contributed by atoms with Crippen LogP contribution in [0.3, 0.4) is 0 Å². The molecule has 1 aliphatic rings. The molecule has 0 amide bonds. The molecule has 0 radical (unpaired) electrons. The molecule has 2 nitrogen and oxygen atoms in total. The van der Waals surface area contributed by atoms with Crippen molar-refractivity contribution in [2.75, 3.05) is 13.1 Å². The predicted molar refractivity (Wildman–Crippen MR) is 76.8 cm³/mol. The molecular formula is C16H22N2. The number of benzene rings is 1. The Labute approximate surface area is 109 Å². The van der Waals surface area contributed by atoms with E-state index < -0.39 is 0 Å². The predicted octanol–water partition coefficient (Wildman–Crippen LogP) is 3.85. The minimum absolute atomic E-state index is 1.08. The van der Waals surface area contributed by atoms with Gasteiger partial charge in [-0.15, -0.1) is 0 Å². The standard InChI is InChI=1S/C16H22N2/c1-13-6-7-14-11-15(17-16(14)10-13)12-18-8-4-2-3-5-9-18/h6-7,10-11,17H,2-5,8-9,12H2,1H3. The number of likely N-dealkylation sites (tertiary alicyclic amines) is 1. The van der Waals surface area contributed by atoms with Crippen molar-refractivity contribution in [1.29, 1.82) is 0 Å². The molecule has 1 N–H and O–H groups in total. The highest BCUT2D eigenvalue weighted by atomic mass is 15.1. The van der Waals surface area contributed by atoms with E-state index >= 15 is 0 Å². The smallest absolute Gasteiger partial charge is 0.0459 e. The van der Waals surface area contributed by atoms with Crippen molar-refractivity contribution in [3.05, 3.63) is 35.5 Å². The summed E-state index contributed by atoms with van der Waals surface area (Å²) in [5.41, 5.74) is 3.96. The van der Waals surface area contributed by atoms with Crippen molar-refractivity contribution in [2.45, 2.75) is 39.2 Å². The number of aromatic nitrogens is 1. The first kappa shape index (κ1) is 11.8. The Morgan fingerprint density at radius 1 is 1.06 bits per heavy atom. The highest BCUT2D eigenvalue weighted by Crippen LogP contribution is 2.19. The second-order valence-corrected chi connectivity index (χ2v) is 5.58. The summed E-state index contributed by atoms with van der Waals surface area (Å²) < 4.78 is 0. The van der Waals surface area contributed by atoms with Crippen LogP contribution in [-0.4, -0.2) is 23.0 Å². The highest BCUT2D eigenvalue weighted by Gasteiger charge is 2.10. The van der Waals surface area contributed by atoms with Crippen LogP contribution in [0.5, 0.6) is 0 Å². The van der Waals surface area contributed by atoms with Gasteiger partial charge in [-0.05, 0) is 55.9 Å². The summed E-state index contributed by atoms with van der Waals surface area (Å²) in [6.45, 7) is 5.74. The number of aromatic amines is 1. The number of hydrogen-bond donors (Lipinski definition) is 1. The van der Waals surface area contributed by atoms with E-state index in [9.17, 15) is 0 Å². The molecule has 2 aromatic rings. The molecule has 0 saturated carbocycles. The first-order valence-electron chi connectivity index (χ1n) is 7.12. The molecule has 3 rings (SSSR count). The van der Waals surface area contributed by atoms with Gasteiger partial charge in [-0.25, -0.2) is 0 Å². The van der Waals surface area contributed by atoms with E-state index in [1.54, 1.807) is 0 Å². The summed E-state index contributed by atoms with van der Waals surface area (Å²) in [6.07, 6.45) is 5.53. The van der Waals surface area contributed by atoms with Gasteiger partial charge in [0.15, 0.2) is 0 Å². The SMILES string of the molecule is Cc1ccc2cc(CN3CCCCCC3)[nH]c2c1. The number of aryl methyl sites for hydroxylation is 1. The van der Waals surface area contributed by atoms with Crippen LogP contribution >= 0.6 is 0 Å². The van der Waals surface area contributed by atoms with Crippen molar-refractivity contribution in [2.24, 2.45) is 0 Å². The Morgan fingerprint density at radius 2 is 1.83 bits per heavy atom. The first-order chi connectivity index (χ1) is 8.81. The summed E-state index contributed by atoms with van der Waals surface area (Å²) in [5.74, 6) is 0. The third-order valence-electron chi connectivity index (χ3n) is 3.93. The van der Waals surface area contributed by atoms with Gasteiger partial charge < -0.3 is 4.98 Å². The van der Waals surface area contributed by atoms with Crippen LogP contribution in [-0.2, 0) is 6.54 Å². The van der Waals surface area contributed by atoms with Crippen molar-refractivity contribution in [1.82, 2.24) is 9.88 Å². The summed E-state index contributed by atoms with van der Waals surface area (Å²) in [6, 6.07) is 8.94. The van der Waals surface area contributed by atoms with Gasteiger partial charge in [0, 0.05) is 17.8 Å². The van der Waals surface area contributed by atoms with Gasteiger partial charge in [0.2, 0.25) is 0 Å². The van der Waals surface area contributed by atoms with Crippen LogP contribution in [0.2, 0.25) is 0 Å². The monoisotopic (exact) mass is 242 g/mol. The number of hydrogen-bond acceptors (Lipinski definition) is 1. The molecule has 0 aliphatic carbocycles. The molecule has 0 atom stereocenters. The zero-order valence-electron chi connectivity index (χ0n) is 11.2. The third-order valence-corrected chi connectivity index (χ3v) is 3.93. The zero-order valence-corrected chi connectivity index (χ0v) is 11.2. The van der Waals surface area contributed by atoms with Gasteiger partial charge in [0.1, 0.15) is 0 Å². The maximum Gasteiger partial charge on any atom is 0.0459 e. The van der Waals surface area contributed by atoms with E-state index in [0.717, 1.165) is 6.54 Å². The fraction of sp³-hybridized carbons (Fsp3) is 0.500. The van der Waals surface area contributed by atoms with Crippen molar-refractivity contribution in [3.63, 3.8) is 0 Å². The van der Waals surface area contributed by atoms with Gasteiger partial charge in [0.05, 0.1) is 0 Å². The van der Waals surface area contributed by atoms with E-state index in [4.69, 9.17) is 0 Å². The maximum absolute atomic E-state index is 3.56. The number of nitrogens with zero attached hydrogens (tertiary/aromatic N) is 1. The Hall–Kier alpha value is -1.28. The Morgan fingerprint density at radius 3 is 2.61 bits per heavy atom. The van der Waals surface area contributed by atoms with Crippen LogP contribution in [0.25, 0.3) is 10.9 Å². The molecule has 1 aliphatic heterocycles. The second kappa shape index (κ2) is 5.15. The highest BCUT2D eigenvalue weighted by molar-refractivity contribution is 5.81. The molecule has 1 aromatic heterocycles. The van der Waals surface area contributed by atoms with Crippen LogP contribution in [0.15, 0.2) is 24.3 Å². The fourth-order valence-corrected chi connectivity index (χ4v) is 2.92. The van der Waals surface area contributed by atoms with Gasteiger partial charge in [-0.2, -0.15) is 0 Å². The maximum atomic E-state index is 3.56. The summed E-state index contributed by atoms with van der Waals surface area (Å²) >= 11 is 0. The van der Waals surface area contributed by atoms with Crippen LogP contribution in [0.4, 0.5) is 0 Å². The molecule has 1 fully saturated rings. The third kappa shape index (κ3) is 2.59. The van der Waals surface area contributed by atoms with E-state index in [1.807, 2.05) is 0 Å². The van der Waals surface area contributed by atoms with Crippen LogP contribution < -0.4 is 0 Å². The lowest BCUT2D eigenvalue weighted by Gasteiger charge is -2.18. The summed E-state index contributed by atoms with van der Waals surface area (Å²) in [7, 11) is 0. The van der Waals surface area contributed by atoms with Gasteiger partial charge in [-0.1, -0.05) is 25.0 Å². The summed E-state index contributed by atoms with van der Waals surface area (Å²) in [5, 5.41) is 1.34. The molecule has 2 heteroatoms. The lowest BCUT2D eigenvalue weighted by Crippen LogP contribution is -2.24. The van der Waals surface area contributed by atoms with Crippen molar-refractivity contribution >= 4 is 10.9 Å². The van der Waals surface area contributed by atoms with E-state index in [0.29, 0.717) is 0 Å². The molecule has 0 spiro atoms. The Balaban J connectivity index is 1.77. The van der Waals surface area contributed by atoms with Gasteiger partial charge in [-0.3, -0.25) is 4.90 Å². The minimum Gasteiger partial charge on any atom is -0.357 e. The van der Waals surface area contributed by atoms with Gasteiger partial charge >= 0.3 is 0 Å². The second-order valence-electron chi connectivity index (χ2n) is 5.58. The van der Waals surface area contributed by atoms with E-state index in [1.165, 1.54) is 60.9 Å². The van der Waals surface area contributed by atoms with Crippen molar-refractivity contribution in [3.8, 4) is 0 Å². The average Bonchev–Trinajstić information content (AvgIpc) is 2.57. The molecule has 96 valence electrons. The average molecular weight is 242 g/mol. The molecule has 18 heavy (non-hydrogen) atoms. The molecule has 1 saturated heterocycles. The minimum atomic E-state index is 1.08. The van der Waals surface area contributed by atoms with Gasteiger partial charge in [0.25, 0.3) is 0 Å². The van der Waals surface area contributed by atoms with E-state index in [-0.39, 0.29) is 0 Å². The molecule has 0 bridgehead atoms. The molecule has 2 heterocycles. The number of rotatable bonds is 2. The van der Waals surface area contributed by atoms with Crippen LogP contribution in [0, 0.1) is 6.92 Å². The largest absolute Gasteiger partial charge is 0.357 e. The molecule has 1 aromatic carbocycles. The topological polar surface area (TPSA) is 19.0 Å². The number of nitrogens with one attached hydrogen (secondary N) is 1. The molecular weight excluding hydrogens is 220 g/mol.